The van der Waals surface area contributed by atoms with Crippen LogP contribution in [0.4, 0.5) is 4.79 Å². The zero-order chi connectivity index (χ0) is 16.2. The van der Waals surface area contributed by atoms with Gasteiger partial charge in [-0.3, -0.25) is 0 Å². The molecule has 1 saturated carbocycles. The Hall–Kier alpha value is -1.89. The van der Waals surface area contributed by atoms with Crippen LogP contribution in [0.3, 0.4) is 0 Å². The minimum absolute atomic E-state index is 0.00352. The first kappa shape index (κ1) is 16.0. The molecule has 124 valence electrons. The fourth-order valence-corrected chi connectivity index (χ4v) is 3.36. The van der Waals surface area contributed by atoms with Crippen LogP contribution < -0.4 is 5.32 Å². The number of urea groups is 1. The van der Waals surface area contributed by atoms with Crippen molar-refractivity contribution in [2.45, 2.75) is 58.3 Å². The zero-order valence-corrected chi connectivity index (χ0v) is 14.4. The maximum Gasteiger partial charge on any atom is 0.318 e. The van der Waals surface area contributed by atoms with E-state index >= 15 is 0 Å². The fourth-order valence-electron chi connectivity index (χ4n) is 2.70. The number of hydrogen-bond acceptors (Lipinski definition) is 4. The van der Waals surface area contributed by atoms with Crippen LogP contribution in [0.25, 0.3) is 0 Å². The third-order valence-corrected chi connectivity index (χ3v) is 4.88. The summed E-state index contributed by atoms with van der Waals surface area (Å²) in [6, 6.07) is 2.35. The largest absolute Gasteiger partial charge is 0.328 e. The molecule has 0 unspecified atom stereocenters. The number of nitrogens with one attached hydrogen (secondary N) is 1. The van der Waals surface area contributed by atoms with Crippen molar-refractivity contribution in [3.63, 3.8) is 0 Å². The maximum atomic E-state index is 12.8. The third kappa shape index (κ3) is 3.72. The van der Waals surface area contributed by atoms with Crippen LogP contribution in [0.5, 0.6) is 0 Å². The number of amides is 2. The van der Waals surface area contributed by atoms with Crippen molar-refractivity contribution < 1.29 is 4.79 Å². The molecule has 0 aromatic carbocycles. The number of aryl methyl sites for hydroxylation is 1. The lowest BCUT2D eigenvalue weighted by Gasteiger charge is -2.25. The molecule has 2 aromatic heterocycles. The van der Waals surface area contributed by atoms with Crippen LogP contribution in [0, 0.1) is 0 Å². The van der Waals surface area contributed by atoms with E-state index in [1.165, 1.54) is 5.56 Å². The van der Waals surface area contributed by atoms with Gasteiger partial charge in [0.25, 0.3) is 0 Å². The number of thiophene rings is 1. The Balaban J connectivity index is 1.70. The standard InChI is InChI=1S/C16H23N5OS/c1-3-14(15-17-11-18-21(15)4-2)19-16(22)20(13-5-6-13)9-12-7-8-23-10-12/h7-8,10-11,13-14H,3-6,9H2,1-2H3,(H,19,22)/t14-/m1/s1. The van der Waals surface area contributed by atoms with E-state index < -0.39 is 0 Å². The number of carbonyl (C=O) groups excluding carboxylic acids is 1. The second kappa shape index (κ2) is 7.12. The van der Waals surface area contributed by atoms with Gasteiger partial charge in [-0.2, -0.15) is 16.4 Å². The molecule has 0 aliphatic heterocycles. The highest BCUT2D eigenvalue weighted by molar-refractivity contribution is 7.07. The van der Waals surface area contributed by atoms with Gasteiger partial charge in [0.15, 0.2) is 0 Å². The predicted octanol–water partition coefficient (Wildman–Crippen LogP) is 3.18. The Morgan fingerprint density at radius 2 is 2.35 bits per heavy atom. The number of nitrogens with zero attached hydrogens (tertiary/aromatic N) is 4. The van der Waals surface area contributed by atoms with Gasteiger partial charge in [0, 0.05) is 19.1 Å². The highest BCUT2D eigenvalue weighted by Gasteiger charge is 2.33. The van der Waals surface area contributed by atoms with Crippen LogP contribution in [-0.2, 0) is 13.1 Å². The lowest BCUT2D eigenvalue weighted by molar-refractivity contribution is 0.186. The van der Waals surface area contributed by atoms with Crippen LogP contribution >= 0.6 is 11.3 Å². The van der Waals surface area contributed by atoms with Gasteiger partial charge in [-0.25, -0.2) is 14.5 Å². The van der Waals surface area contributed by atoms with E-state index in [4.69, 9.17) is 0 Å². The number of carbonyl (C=O) groups is 1. The van der Waals surface area contributed by atoms with E-state index in [0.29, 0.717) is 12.6 Å². The van der Waals surface area contributed by atoms with E-state index in [2.05, 4.69) is 39.1 Å². The highest BCUT2D eigenvalue weighted by Crippen LogP contribution is 2.29. The highest BCUT2D eigenvalue weighted by atomic mass is 32.1. The van der Waals surface area contributed by atoms with Gasteiger partial charge >= 0.3 is 6.03 Å². The van der Waals surface area contributed by atoms with Gasteiger partial charge in [0.1, 0.15) is 12.2 Å². The van der Waals surface area contributed by atoms with E-state index in [1.807, 2.05) is 16.5 Å². The van der Waals surface area contributed by atoms with Gasteiger partial charge in [-0.15, -0.1) is 0 Å². The molecule has 0 radical (unpaired) electrons. The molecular formula is C16H23N5OS. The van der Waals surface area contributed by atoms with Crippen molar-refractivity contribution in [2.24, 2.45) is 0 Å². The molecule has 1 atom stereocenters. The summed E-state index contributed by atoms with van der Waals surface area (Å²) in [7, 11) is 0. The summed E-state index contributed by atoms with van der Waals surface area (Å²) in [4.78, 5) is 19.1. The predicted molar refractivity (Wildman–Crippen MR) is 90.1 cm³/mol. The summed E-state index contributed by atoms with van der Waals surface area (Å²) in [5.41, 5.74) is 1.20. The molecule has 3 rings (SSSR count). The average molecular weight is 333 g/mol. The molecule has 1 aliphatic carbocycles. The summed E-state index contributed by atoms with van der Waals surface area (Å²) >= 11 is 1.67. The number of aromatic nitrogens is 3. The zero-order valence-electron chi connectivity index (χ0n) is 13.6. The molecule has 1 aliphatic rings. The topological polar surface area (TPSA) is 63.1 Å². The normalized spacial score (nSPS) is 15.4. The van der Waals surface area contributed by atoms with E-state index in [0.717, 1.165) is 31.6 Å². The number of hydrogen-bond donors (Lipinski definition) is 1. The molecular weight excluding hydrogens is 310 g/mol. The van der Waals surface area contributed by atoms with Crippen LogP contribution in [-0.4, -0.2) is 31.7 Å². The Labute approximate surface area is 140 Å². The Morgan fingerprint density at radius 3 is 2.96 bits per heavy atom. The minimum Gasteiger partial charge on any atom is -0.328 e. The second-order valence-electron chi connectivity index (χ2n) is 5.83. The summed E-state index contributed by atoms with van der Waals surface area (Å²) in [5.74, 6) is 0.828. The Bertz CT molecular complexity index is 635. The first-order chi connectivity index (χ1) is 11.2. The fraction of sp³-hybridized carbons (Fsp3) is 0.562. The van der Waals surface area contributed by atoms with Crippen LogP contribution in [0.1, 0.15) is 50.5 Å². The van der Waals surface area contributed by atoms with E-state index in [1.54, 1.807) is 17.7 Å². The average Bonchev–Trinajstić information content (AvgIpc) is 3.08. The number of rotatable bonds is 7. The van der Waals surface area contributed by atoms with Gasteiger partial charge in [-0.05, 0) is 48.6 Å². The lowest BCUT2D eigenvalue weighted by Crippen LogP contribution is -2.43. The molecule has 6 nitrogen and oxygen atoms in total. The van der Waals surface area contributed by atoms with Gasteiger partial charge in [-0.1, -0.05) is 6.92 Å². The van der Waals surface area contributed by atoms with Crippen molar-refractivity contribution in [2.75, 3.05) is 0 Å². The molecule has 7 heteroatoms. The summed E-state index contributed by atoms with van der Waals surface area (Å²) < 4.78 is 1.84. The summed E-state index contributed by atoms with van der Waals surface area (Å²) in [6.07, 6.45) is 4.54. The molecule has 0 saturated heterocycles. The molecule has 0 bridgehead atoms. The minimum atomic E-state index is -0.103. The van der Waals surface area contributed by atoms with Crippen molar-refractivity contribution in [1.82, 2.24) is 25.0 Å². The first-order valence-electron chi connectivity index (χ1n) is 8.18. The Kier molecular flexibility index (Phi) is 4.95. The van der Waals surface area contributed by atoms with Crippen LogP contribution in [0.2, 0.25) is 0 Å². The van der Waals surface area contributed by atoms with Crippen molar-refractivity contribution >= 4 is 17.4 Å². The summed E-state index contributed by atoms with van der Waals surface area (Å²) in [6.45, 7) is 5.51. The second-order valence-corrected chi connectivity index (χ2v) is 6.62. The lowest BCUT2D eigenvalue weighted by atomic mass is 10.2. The summed E-state index contributed by atoms with van der Waals surface area (Å²) in [5, 5.41) is 11.5. The van der Waals surface area contributed by atoms with Crippen molar-refractivity contribution in [1.29, 1.82) is 0 Å². The molecule has 2 amide bonds. The smallest absolute Gasteiger partial charge is 0.318 e. The molecule has 1 N–H and O–H groups in total. The van der Waals surface area contributed by atoms with Crippen molar-refractivity contribution in [3.8, 4) is 0 Å². The van der Waals surface area contributed by atoms with Gasteiger partial charge < -0.3 is 10.2 Å². The first-order valence-corrected chi connectivity index (χ1v) is 9.13. The maximum absolute atomic E-state index is 12.8. The SMILES string of the molecule is CC[C@@H](NC(=O)N(Cc1ccsc1)C1CC1)c1ncnn1CC. The van der Waals surface area contributed by atoms with E-state index in [9.17, 15) is 4.79 Å². The molecule has 2 aromatic rings. The van der Waals surface area contributed by atoms with Gasteiger partial charge in [0.2, 0.25) is 0 Å². The molecule has 23 heavy (non-hydrogen) atoms. The van der Waals surface area contributed by atoms with E-state index in [-0.39, 0.29) is 12.1 Å². The van der Waals surface area contributed by atoms with Crippen LogP contribution in [0.15, 0.2) is 23.2 Å². The van der Waals surface area contributed by atoms with Crippen molar-refractivity contribution in [3.05, 3.63) is 34.5 Å². The molecule has 1 fully saturated rings. The molecule has 0 spiro atoms. The molecule has 2 heterocycles. The monoisotopic (exact) mass is 333 g/mol. The Morgan fingerprint density at radius 1 is 1.52 bits per heavy atom. The quantitative estimate of drug-likeness (QED) is 0.846. The van der Waals surface area contributed by atoms with Gasteiger partial charge in [0.05, 0.1) is 6.04 Å². The third-order valence-electron chi connectivity index (χ3n) is 4.14.